The summed E-state index contributed by atoms with van der Waals surface area (Å²) in [6.45, 7) is 1.30. The van der Waals surface area contributed by atoms with Gasteiger partial charge in [0.1, 0.15) is 11.8 Å². The fraction of sp³-hybridized carbons (Fsp3) is 0.385. The number of carboxylic acid groups (broad SMARTS) is 1. The number of amides is 1. The van der Waals surface area contributed by atoms with Gasteiger partial charge in [0.2, 0.25) is 5.91 Å². The Morgan fingerprint density at radius 1 is 1.50 bits per heavy atom. The Hall–Kier alpha value is -1.21. The van der Waals surface area contributed by atoms with Gasteiger partial charge in [-0.3, -0.25) is 4.79 Å². The molecule has 1 atom stereocenters. The molecule has 1 rings (SSSR count). The zero-order valence-electron chi connectivity index (χ0n) is 11.2. The molecule has 1 aromatic carbocycles. The summed E-state index contributed by atoms with van der Waals surface area (Å²) in [6.07, 6.45) is 0. The molecular formula is C13H16BrNO4S. The van der Waals surface area contributed by atoms with Gasteiger partial charge in [-0.2, -0.15) is 11.8 Å². The molecule has 0 fully saturated rings. The van der Waals surface area contributed by atoms with Crippen molar-refractivity contribution in [3.8, 4) is 5.75 Å². The highest BCUT2D eigenvalue weighted by Crippen LogP contribution is 2.26. The molecule has 20 heavy (non-hydrogen) atoms. The van der Waals surface area contributed by atoms with E-state index in [0.717, 1.165) is 15.8 Å². The predicted molar refractivity (Wildman–Crippen MR) is 82.1 cm³/mol. The first-order chi connectivity index (χ1) is 9.43. The Labute approximate surface area is 130 Å². The first-order valence-corrected chi connectivity index (χ1v) is 7.79. The molecule has 2 N–H and O–H groups in total. The molecule has 0 aromatic heterocycles. The number of hydrogen-bond donors (Lipinski definition) is 2. The molecule has 0 spiro atoms. The van der Waals surface area contributed by atoms with E-state index in [2.05, 4.69) is 21.2 Å². The number of thioether (sulfide) groups is 1. The monoisotopic (exact) mass is 361 g/mol. The van der Waals surface area contributed by atoms with Crippen molar-refractivity contribution in [2.24, 2.45) is 0 Å². The van der Waals surface area contributed by atoms with Crippen molar-refractivity contribution >= 4 is 39.6 Å². The Kier molecular flexibility index (Phi) is 6.87. The lowest BCUT2D eigenvalue weighted by atomic mass is 10.2. The van der Waals surface area contributed by atoms with Crippen LogP contribution < -0.4 is 10.1 Å². The van der Waals surface area contributed by atoms with Crippen molar-refractivity contribution in [1.82, 2.24) is 5.32 Å². The summed E-state index contributed by atoms with van der Waals surface area (Å²) >= 11 is 4.81. The zero-order chi connectivity index (χ0) is 15.1. The van der Waals surface area contributed by atoms with Crippen LogP contribution in [-0.2, 0) is 15.3 Å². The minimum atomic E-state index is -1.03. The van der Waals surface area contributed by atoms with Crippen LogP contribution in [0.2, 0.25) is 0 Å². The highest BCUT2D eigenvalue weighted by Gasteiger charge is 2.18. The second kappa shape index (κ2) is 8.16. The average molecular weight is 362 g/mol. The number of aliphatic carboxylic acids is 1. The summed E-state index contributed by atoms with van der Waals surface area (Å²) in [7, 11) is 1.59. The molecule has 5 nitrogen and oxygen atoms in total. The van der Waals surface area contributed by atoms with Crippen LogP contribution in [0.15, 0.2) is 22.7 Å². The molecule has 0 bridgehead atoms. The average Bonchev–Trinajstić information content (AvgIpc) is 2.37. The lowest BCUT2D eigenvalue weighted by molar-refractivity contribution is -0.140. The summed E-state index contributed by atoms with van der Waals surface area (Å²) in [5, 5.41) is 11.4. The minimum absolute atomic E-state index is 0.296. The van der Waals surface area contributed by atoms with Crippen molar-refractivity contribution in [2.75, 3.05) is 12.9 Å². The van der Waals surface area contributed by atoms with Crippen LogP contribution in [0.1, 0.15) is 12.5 Å². The van der Waals surface area contributed by atoms with E-state index >= 15 is 0 Å². The normalized spacial score (nSPS) is 11.8. The maximum absolute atomic E-state index is 11.0. The van der Waals surface area contributed by atoms with Crippen molar-refractivity contribution in [1.29, 1.82) is 0 Å². The van der Waals surface area contributed by atoms with E-state index in [4.69, 9.17) is 9.84 Å². The molecule has 0 aliphatic rings. The number of nitrogens with one attached hydrogen (secondary N) is 1. The second-order valence-electron chi connectivity index (χ2n) is 4.06. The molecule has 1 unspecified atom stereocenters. The largest absolute Gasteiger partial charge is 0.496 e. The molecule has 0 aliphatic heterocycles. The van der Waals surface area contributed by atoms with Gasteiger partial charge in [-0.1, -0.05) is 15.9 Å². The van der Waals surface area contributed by atoms with Gasteiger partial charge < -0.3 is 15.2 Å². The Morgan fingerprint density at radius 3 is 2.75 bits per heavy atom. The smallest absolute Gasteiger partial charge is 0.327 e. The van der Waals surface area contributed by atoms with E-state index in [-0.39, 0.29) is 5.91 Å². The van der Waals surface area contributed by atoms with Crippen LogP contribution in [0.5, 0.6) is 5.75 Å². The standard InChI is InChI=1S/C13H16BrNO4S/c1-8(16)15-11(13(17)18)7-20-6-9-5-10(14)3-4-12(9)19-2/h3-5,11H,6-7H2,1-2H3,(H,15,16)(H,17,18). The van der Waals surface area contributed by atoms with E-state index in [9.17, 15) is 9.59 Å². The summed E-state index contributed by atoms with van der Waals surface area (Å²) in [5.74, 6) is 0.273. The summed E-state index contributed by atoms with van der Waals surface area (Å²) in [6, 6.07) is 4.78. The number of carbonyl (C=O) groups excluding carboxylic acids is 1. The van der Waals surface area contributed by atoms with Crippen LogP contribution in [-0.4, -0.2) is 35.9 Å². The number of rotatable bonds is 7. The number of benzene rings is 1. The highest BCUT2D eigenvalue weighted by molar-refractivity contribution is 9.10. The summed E-state index contributed by atoms with van der Waals surface area (Å²) in [4.78, 5) is 21.9. The number of methoxy groups -OCH3 is 1. The van der Waals surface area contributed by atoms with Crippen LogP contribution in [0.3, 0.4) is 0 Å². The van der Waals surface area contributed by atoms with Crippen molar-refractivity contribution in [3.63, 3.8) is 0 Å². The predicted octanol–water partition coefficient (Wildman–Crippen LogP) is 2.28. The van der Waals surface area contributed by atoms with E-state index < -0.39 is 12.0 Å². The molecule has 7 heteroatoms. The minimum Gasteiger partial charge on any atom is -0.496 e. The SMILES string of the molecule is COc1ccc(Br)cc1CSCC(NC(C)=O)C(=O)O. The zero-order valence-corrected chi connectivity index (χ0v) is 13.6. The third-order valence-corrected chi connectivity index (χ3v) is 4.04. The third kappa shape index (κ3) is 5.42. The molecule has 1 aromatic rings. The lowest BCUT2D eigenvalue weighted by Crippen LogP contribution is -2.41. The first-order valence-electron chi connectivity index (χ1n) is 5.84. The third-order valence-electron chi connectivity index (χ3n) is 2.46. The molecule has 0 aliphatic carbocycles. The van der Waals surface area contributed by atoms with Gasteiger partial charge in [-0.15, -0.1) is 0 Å². The quantitative estimate of drug-likeness (QED) is 0.778. The van der Waals surface area contributed by atoms with Crippen molar-refractivity contribution < 1.29 is 19.4 Å². The van der Waals surface area contributed by atoms with Crippen LogP contribution >= 0.6 is 27.7 Å². The molecular weight excluding hydrogens is 346 g/mol. The number of hydrogen-bond acceptors (Lipinski definition) is 4. The topological polar surface area (TPSA) is 75.6 Å². The molecule has 0 saturated carbocycles. The number of carboxylic acids is 1. The van der Waals surface area contributed by atoms with Crippen LogP contribution in [0.25, 0.3) is 0 Å². The van der Waals surface area contributed by atoms with Gasteiger partial charge in [0.05, 0.1) is 7.11 Å². The summed E-state index contributed by atoms with van der Waals surface area (Å²) < 4.78 is 6.19. The van der Waals surface area contributed by atoms with E-state index in [1.165, 1.54) is 18.7 Å². The van der Waals surface area contributed by atoms with E-state index in [0.29, 0.717) is 11.5 Å². The number of halogens is 1. The van der Waals surface area contributed by atoms with Gasteiger partial charge >= 0.3 is 5.97 Å². The molecule has 1 amide bonds. The van der Waals surface area contributed by atoms with E-state index in [1.807, 2.05) is 18.2 Å². The Balaban J connectivity index is 2.60. The lowest BCUT2D eigenvalue weighted by Gasteiger charge is -2.13. The summed E-state index contributed by atoms with van der Waals surface area (Å²) in [5.41, 5.74) is 0.971. The van der Waals surface area contributed by atoms with Crippen LogP contribution in [0, 0.1) is 0 Å². The maximum atomic E-state index is 11.0. The van der Waals surface area contributed by atoms with E-state index in [1.54, 1.807) is 7.11 Å². The van der Waals surface area contributed by atoms with Gasteiger partial charge in [-0.05, 0) is 18.2 Å². The fourth-order valence-electron chi connectivity index (χ4n) is 1.57. The molecule has 0 heterocycles. The molecule has 110 valence electrons. The Bertz CT molecular complexity index is 495. The number of carbonyl (C=O) groups is 2. The number of ether oxygens (including phenoxy) is 1. The van der Waals surface area contributed by atoms with Gasteiger partial charge in [0.15, 0.2) is 0 Å². The fourth-order valence-corrected chi connectivity index (χ4v) is 3.00. The van der Waals surface area contributed by atoms with Gasteiger partial charge in [-0.25, -0.2) is 4.79 Å². The Morgan fingerprint density at radius 2 is 2.20 bits per heavy atom. The van der Waals surface area contributed by atoms with Crippen molar-refractivity contribution in [3.05, 3.63) is 28.2 Å². The van der Waals surface area contributed by atoms with Crippen LogP contribution in [0.4, 0.5) is 0 Å². The molecule has 0 radical (unpaired) electrons. The first kappa shape index (κ1) is 16.8. The highest BCUT2D eigenvalue weighted by atomic mass is 79.9. The van der Waals surface area contributed by atoms with Gasteiger partial charge in [0.25, 0.3) is 0 Å². The van der Waals surface area contributed by atoms with Gasteiger partial charge in [0, 0.05) is 28.5 Å². The van der Waals surface area contributed by atoms with Crippen molar-refractivity contribution in [2.45, 2.75) is 18.7 Å². The second-order valence-corrected chi connectivity index (χ2v) is 6.01. The molecule has 0 saturated heterocycles. The maximum Gasteiger partial charge on any atom is 0.327 e.